The summed E-state index contributed by atoms with van der Waals surface area (Å²) in [6.07, 6.45) is 2.93. The maximum Gasteiger partial charge on any atom is 0.273 e. The molecule has 1 heterocycles. The number of hydrogen-bond donors (Lipinski definition) is 0. The quantitative estimate of drug-likeness (QED) is 0.721. The first kappa shape index (κ1) is 9.12. The number of amides is 1. The topological polar surface area (TPSA) is 46.1 Å². The van der Waals surface area contributed by atoms with Crippen LogP contribution in [0.3, 0.4) is 0 Å². The average Bonchev–Trinajstić information content (AvgIpc) is 2.04. The van der Waals surface area contributed by atoms with Crippen LogP contribution in [-0.2, 0) is 0 Å². The van der Waals surface area contributed by atoms with Crippen LogP contribution in [-0.4, -0.2) is 34.9 Å². The zero-order chi connectivity index (χ0) is 9.14. The van der Waals surface area contributed by atoms with Crippen LogP contribution in [0, 0.1) is 0 Å². The van der Waals surface area contributed by atoms with Gasteiger partial charge in [-0.05, 0) is 15.9 Å². The molecule has 5 heteroatoms. The molecule has 0 bridgehead atoms. The van der Waals surface area contributed by atoms with Crippen LogP contribution in [0.25, 0.3) is 0 Å². The lowest BCUT2D eigenvalue weighted by atomic mass is 10.4. The fourth-order valence-electron chi connectivity index (χ4n) is 0.652. The minimum absolute atomic E-state index is 0.144. The predicted molar refractivity (Wildman–Crippen MR) is 47.7 cm³/mol. The Hall–Kier alpha value is -0.970. The standard InChI is InChI=1S/C7H8BrN3O/c1-11(2)7(12)5-3-10-6(8)4-9-5/h3-4H,1-2H3. The van der Waals surface area contributed by atoms with Gasteiger partial charge in [0.15, 0.2) is 0 Å². The second kappa shape index (κ2) is 3.62. The van der Waals surface area contributed by atoms with Gasteiger partial charge in [0.05, 0.1) is 12.4 Å². The number of carbonyl (C=O) groups is 1. The molecule has 0 aromatic carbocycles. The number of nitrogens with zero attached hydrogens (tertiary/aromatic N) is 3. The van der Waals surface area contributed by atoms with Crippen LogP contribution in [0.1, 0.15) is 10.5 Å². The van der Waals surface area contributed by atoms with Crippen LogP contribution >= 0.6 is 15.9 Å². The SMILES string of the molecule is CN(C)C(=O)c1cnc(Br)cn1. The van der Waals surface area contributed by atoms with Crippen LogP contribution in [0.2, 0.25) is 0 Å². The first-order valence-corrected chi connectivity index (χ1v) is 4.10. The van der Waals surface area contributed by atoms with E-state index >= 15 is 0 Å². The van der Waals surface area contributed by atoms with Crippen molar-refractivity contribution in [1.82, 2.24) is 14.9 Å². The molecule has 0 fully saturated rings. The molecule has 0 unspecified atom stereocenters. The zero-order valence-corrected chi connectivity index (χ0v) is 8.37. The molecule has 4 nitrogen and oxygen atoms in total. The Bertz CT molecular complexity index is 283. The Kier molecular flexibility index (Phi) is 2.75. The van der Waals surface area contributed by atoms with Crippen molar-refractivity contribution >= 4 is 21.8 Å². The summed E-state index contributed by atoms with van der Waals surface area (Å²) in [7, 11) is 3.35. The van der Waals surface area contributed by atoms with Gasteiger partial charge in [-0.3, -0.25) is 4.79 Å². The maximum atomic E-state index is 11.3. The molecule has 0 atom stereocenters. The summed E-state index contributed by atoms with van der Waals surface area (Å²) < 4.78 is 0.623. The molecule has 0 aliphatic carbocycles. The van der Waals surface area contributed by atoms with Crippen molar-refractivity contribution in [2.75, 3.05) is 14.1 Å². The van der Waals surface area contributed by atoms with Crippen molar-refractivity contribution in [3.63, 3.8) is 0 Å². The summed E-state index contributed by atoms with van der Waals surface area (Å²) in [5.74, 6) is -0.144. The number of carbonyl (C=O) groups excluding carboxylic acids is 1. The van der Waals surface area contributed by atoms with Gasteiger partial charge >= 0.3 is 0 Å². The molecule has 1 aromatic heterocycles. The van der Waals surface area contributed by atoms with E-state index in [-0.39, 0.29) is 5.91 Å². The Morgan fingerprint density at radius 1 is 1.42 bits per heavy atom. The van der Waals surface area contributed by atoms with E-state index < -0.39 is 0 Å². The first-order valence-electron chi connectivity index (χ1n) is 3.30. The van der Waals surface area contributed by atoms with Gasteiger partial charge in [-0.1, -0.05) is 0 Å². The van der Waals surface area contributed by atoms with Gasteiger partial charge in [-0.2, -0.15) is 0 Å². The average molecular weight is 230 g/mol. The smallest absolute Gasteiger partial charge is 0.273 e. The van der Waals surface area contributed by atoms with Gasteiger partial charge < -0.3 is 4.90 Å². The largest absolute Gasteiger partial charge is 0.343 e. The van der Waals surface area contributed by atoms with Crippen molar-refractivity contribution < 1.29 is 4.79 Å². The second-order valence-corrected chi connectivity index (χ2v) is 3.24. The Labute approximate surface area is 78.8 Å². The van der Waals surface area contributed by atoms with E-state index in [1.165, 1.54) is 17.3 Å². The molecule has 12 heavy (non-hydrogen) atoms. The molecule has 64 valence electrons. The van der Waals surface area contributed by atoms with Gasteiger partial charge in [0, 0.05) is 14.1 Å². The lowest BCUT2D eigenvalue weighted by Crippen LogP contribution is -2.22. The first-order chi connectivity index (χ1) is 5.61. The Balaban J connectivity index is 2.90. The highest BCUT2D eigenvalue weighted by Crippen LogP contribution is 2.03. The van der Waals surface area contributed by atoms with Crippen molar-refractivity contribution in [2.45, 2.75) is 0 Å². The lowest BCUT2D eigenvalue weighted by Gasteiger charge is -2.08. The fraction of sp³-hybridized carbons (Fsp3) is 0.286. The molecule has 1 amide bonds. The Morgan fingerprint density at radius 3 is 2.50 bits per heavy atom. The summed E-state index contributed by atoms with van der Waals surface area (Å²) in [6.45, 7) is 0. The van der Waals surface area contributed by atoms with Crippen molar-refractivity contribution in [1.29, 1.82) is 0 Å². The number of halogens is 1. The van der Waals surface area contributed by atoms with Crippen molar-refractivity contribution in [3.05, 3.63) is 22.7 Å². The third-order valence-corrected chi connectivity index (χ3v) is 1.66. The minimum Gasteiger partial charge on any atom is -0.343 e. The van der Waals surface area contributed by atoms with E-state index in [9.17, 15) is 4.79 Å². The molecule has 0 saturated heterocycles. The number of hydrogen-bond acceptors (Lipinski definition) is 3. The molecule has 1 aromatic rings. The molecule has 0 aliphatic heterocycles. The monoisotopic (exact) mass is 229 g/mol. The lowest BCUT2D eigenvalue weighted by molar-refractivity contribution is 0.0821. The summed E-state index contributed by atoms with van der Waals surface area (Å²) in [5, 5.41) is 0. The maximum absolute atomic E-state index is 11.3. The highest BCUT2D eigenvalue weighted by Gasteiger charge is 2.08. The third kappa shape index (κ3) is 2.01. The van der Waals surface area contributed by atoms with Gasteiger partial charge in [-0.15, -0.1) is 0 Å². The fourth-order valence-corrected chi connectivity index (χ4v) is 0.857. The summed E-state index contributed by atoms with van der Waals surface area (Å²) in [5.41, 5.74) is 0.350. The molecule has 1 rings (SSSR count). The number of rotatable bonds is 1. The zero-order valence-electron chi connectivity index (χ0n) is 6.78. The van der Waals surface area contributed by atoms with Crippen LogP contribution in [0.4, 0.5) is 0 Å². The van der Waals surface area contributed by atoms with E-state index in [0.29, 0.717) is 10.3 Å². The van der Waals surface area contributed by atoms with E-state index in [1.54, 1.807) is 14.1 Å². The number of aromatic nitrogens is 2. The predicted octanol–water partition coefficient (Wildman–Crippen LogP) is 0.941. The van der Waals surface area contributed by atoms with Gasteiger partial charge in [-0.25, -0.2) is 9.97 Å². The van der Waals surface area contributed by atoms with Crippen LogP contribution < -0.4 is 0 Å². The van der Waals surface area contributed by atoms with Crippen LogP contribution in [0.15, 0.2) is 17.0 Å². The molecular formula is C7H8BrN3O. The van der Waals surface area contributed by atoms with Gasteiger partial charge in [0.25, 0.3) is 5.91 Å². The molecule has 0 saturated carbocycles. The molecule has 0 radical (unpaired) electrons. The third-order valence-electron chi connectivity index (χ3n) is 1.25. The van der Waals surface area contributed by atoms with E-state index in [1.807, 2.05) is 0 Å². The molecule has 0 N–H and O–H groups in total. The van der Waals surface area contributed by atoms with Gasteiger partial charge in [0.1, 0.15) is 10.3 Å². The van der Waals surface area contributed by atoms with Crippen molar-refractivity contribution in [3.8, 4) is 0 Å². The summed E-state index contributed by atoms with van der Waals surface area (Å²) >= 11 is 3.13. The summed E-state index contributed by atoms with van der Waals surface area (Å²) in [6, 6.07) is 0. The minimum atomic E-state index is -0.144. The van der Waals surface area contributed by atoms with Gasteiger partial charge in [0.2, 0.25) is 0 Å². The highest BCUT2D eigenvalue weighted by molar-refractivity contribution is 9.10. The molecule has 0 aliphatic rings. The van der Waals surface area contributed by atoms with E-state index in [4.69, 9.17) is 0 Å². The summed E-state index contributed by atoms with van der Waals surface area (Å²) in [4.78, 5) is 20.5. The van der Waals surface area contributed by atoms with E-state index in [2.05, 4.69) is 25.9 Å². The Morgan fingerprint density at radius 2 is 2.08 bits per heavy atom. The normalized spacial score (nSPS) is 9.58. The highest BCUT2D eigenvalue weighted by atomic mass is 79.9. The van der Waals surface area contributed by atoms with Crippen LogP contribution in [0.5, 0.6) is 0 Å². The molecular weight excluding hydrogens is 222 g/mol. The molecule has 0 spiro atoms. The van der Waals surface area contributed by atoms with Crippen molar-refractivity contribution in [2.24, 2.45) is 0 Å². The van der Waals surface area contributed by atoms with E-state index in [0.717, 1.165) is 0 Å². The second-order valence-electron chi connectivity index (χ2n) is 2.42.